The summed E-state index contributed by atoms with van der Waals surface area (Å²) >= 11 is 8.66. The number of hydrogen-bond donors (Lipinski definition) is 9. The van der Waals surface area contributed by atoms with Crippen LogP contribution in [-0.2, 0) is 44.8 Å². The Labute approximate surface area is 463 Å². The molecule has 74 heavy (non-hydrogen) atoms. The van der Waals surface area contributed by atoms with Crippen molar-refractivity contribution >= 4 is 93.9 Å². The number of thiol groups is 2. The van der Waals surface area contributed by atoms with Gasteiger partial charge in [-0.25, -0.2) is 4.98 Å². The van der Waals surface area contributed by atoms with Crippen LogP contribution in [-0.4, -0.2) is 117 Å². The standard InChI is InChI=1S/C20H36N2O3S2.C20H38N2O3S2.C14H23N3O3/c1-14(15(2)23)18(20(3,4)5)19(25)22-12-11-21-17(24)9-7-6-8-16-10-13-26-27-16;1-14(15(2)23)18(20(3,4)5)19(25)22-12-11-21-17(24)9-7-6-8-16(27)10-13-26;1-9(13(19)20)11(14(2,3)4)12(18)16-6-5-10-7-15-8-17-10/h14,16,18H,6-13H2,1-5H3,(H,21,24)(H,22,25);14,16,18,26-27H,6-13H2,1-5H3,(H,21,24)(H,22,25);7-9,11H,5-6H2,1-4H3,(H,15,17)(H,16,18)(H,19,20). The van der Waals surface area contributed by atoms with Crippen LogP contribution >= 0.6 is 46.8 Å². The van der Waals surface area contributed by atoms with Gasteiger partial charge < -0.3 is 36.7 Å². The van der Waals surface area contributed by atoms with Gasteiger partial charge in [0.25, 0.3) is 0 Å². The van der Waals surface area contributed by atoms with E-state index < -0.39 is 29.1 Å². The van der Waals surface area contributed by atoms with Gasteiger partial charge in [0.15, 0.2) is 0 Å². The van der Waals surface area contributed by atoms with Gasteiger partial charge in [-0.05, 0) is 74.4 Å². The predicted molar refractivity (Wildman–Crippen MR) is 309 cm³/mol. The number of aromatic nitrogens is 2. The van der Waals surface area contributed by atoms with E-state index in [0.29, 0.717) is 57.2 Å². The molecule has 1 saturated heterocycles. The predicted octanol–water partition coefficient (Wildman–Crippen LogP) is 8.56. The molecule has 1 aromatic heterocycles. The van der Waals surface area contributed by atoms with Crippen LogP contribution in [0.25, 0.3) is 0 Å². The Bertz CT molecular complexity index is 1850. The van der Waals surface area contributed by atoms with E-state index in [1.165, 1.54) is 32.4 Å². The second-order valence-electron chi connectivity index (χ2n) is 22.8. The monoisotopic (exact) mass is 1120 g/mol. The second-order valence-corrected chi connectivity index (χ2v) is 26.8. The Morgan fingerprint density at radius 2 is 1.09 bits per heavy atom. The molecule has 5 amide bonds. The van der Waals surface area contributed by atoms with E-state index in [9.17, 15) is 38.4 Å². The zero-order chi connectivity index (χ0) is 56.8. The van der Waals surface area contributed by atoms with Crippen molar-refractivity contribution in [3.63, 3.8) is 0 Å². The summed E-state index contributed by atoms with van der Waals surface area (Å²) < 4.78 is 0. The Kier molecular flexibility index (Phi) is 35.1. The van der Waals surface area contributed by atoms with Gasteiger partial charge in [0.05, 0.1) is 30.0 Å². The molecule has 0 bridgehead atoms. The average Bonchev–Trinajstić information content (AvgIpc) is 4.01. The molecule has 2 rings (SSSR count). The number of hydrogen-bond acceptors (Lipinski definition) is 13. The zero-order valence-corrected chi connectivity index (χ0v) is 50.8. The molecule has 426 valence electrons. The summed E-state index contributed by atoms with van der Waals surface area (Å²) in [4.78, 5) is 103. The van der Waals surface area contributed by atoms with Gasteiger partial charge in [0.2, 0.25) is 29.5 Å². The van der Waals surface area contributed by atoms with Crippen molar-refractivity contribution < 1.29 is 43.5 Å². The molecule has 8 atom stereocenters. The number of Topliss-reactive ketones (excluding diaryl/α,β-unsaturated/α-hetero) is 2. The topological polar surface area (TPSA) is 246 Å². The maximum Gasteiger partial charge on any atom is 0.307 e. The van der Waals surface area contributed by atoms with Crippen LogP contribution in [0.3, 0.4) is 0 Å². The largest absolute Gasteiger partial charge is 0.481 e. The van der Waals surface area contributed by atoms with Crippen molar-refractivity contribution in [2.45, 2.75) is 178 Å². The number of carbonyl (C=O) groups is 8. The Morgan fingerprint density at radius 3 is 1.47 bits per heavy atom. The molecule has 0 radical (unpaired) electrons. The number of aromatic amines is 1. The molecule has 16 nitrogen and oxygen atoms in total. The first kappa shape index (κ1) is 70.8. The SMILES string of the molecule is CC(=O)C(C)C(C(=O)NCCNC(=O)CCCCC(S)CCS)C(C)(C)C.CC(=O)C(C)C(C(=O)NCCNC(=O)CCCCC1CCSS1)C(C)(C)C.CC(C(=O)O)C(C(=O)NCCc1cnc[nH]1)C(C)(C)C. The molecule has 0 spiro atoms. The van der Waals surface area contributed by atoms with Crippen LogP contribution in [0.4, 0.5) is 0 Å². The Balaban J connectivity index is 0.00000109. The molecule has 0 aliphatic carbocycles. The van der Waals surface area contributed by atoms with Crippen molar-refractivity contribution in [3.05, 3.63) is 18.2 Å². The number of nitrogens with zero attached hydrogens (tertiary/aromatic N) is 1. The number of carboxylic acid groups (broad SMARTS) is 1. The van der Waals surface area contributed by atoms with Gasteiger partial charge in [-0.3, -0.25) is 38.4 Å². The van der Waals surface area contributed by atoms with Crippen molar-refractivity contribution in [1.82, 2.24) is 36.6 Å². The van der Waals surface area contributed by atoms with Crippen molar-refractivity contribution in [2.75, 3.05) is 44.2 Å². The van der Waals surface area contributed by atoms with Crippen molar-refractivity contribution in [1.29, 1.82) is 0 Å². The Hall–Kier alpha value is -3.23. The number of carbonyl (C=O) groups excluding carboxylic acids is 7. The van der Waals surface area contributed by atoms with Gasteiger partial charge in [-0.15, -0.1) is 0 Å². The van der Waals surface area contributed by atoms with Crippen molar-refractivity contribution in [3.8, 4) is 0 Å². The lowest BCUT2D eigenvalue weighted by Crippen LogP contribution is -2.45. The number of nitrogens with one attached hydrogen (secondary N) is 6. The number of amides is 5. The summed E-state index contributed by atoms with van der Waals surface area (Å²) in [6, 6.07) is 0. The number of H-pyrrole nitrogens is 1. The molecule has 1 aromatic rings. The summed E-state index contributed by atoms with van der Waals surface area (Å²) in [5, 5.41) is 24.5. The highest BCUT2D eigenvalue weighted by atomic mass is 33.1. The third-order valence-corrected chi connectivity index (χ3v) is 16.9. The van der Waals surface area contributed by atoms with Crippen molar-refractivity contribution in [2.24, 2.45) is 51.8 Å². The summed E-state index contributed by atoms with van der Waals surface area (Å²) in [6.07, 6.45) is 13.3. The van der Waals surface area contributed by atoms with Crippen LogP contribution in [0.5, 0.6) is 0 Å². The maximum absolute atomic E-state index is 12.5. The number of carboxylic acids is 1. The molecule has 7 N–H and O–H groups in total. The molecule has 20 heteroatoms. The fraction of sp³-hybridized carbons (Fsp3) is 0.796. The van der Waals surface area contributed by atoms with E-state index in [1.54, 1.807) is 26.4 Å². The minimum Gasteiger partial charge on any atom is -0.481 e. The molecule has 1 aliphatic heterocycles. The normalized spacial score (nSPS) is 16.5. The molecular weight excluding hydrogens is 1020 g/mol. The van der Waals surface area contributed by atoms with Crippen LogP contribution in [0, 0.1) is 51.8 Å². The van der Waals surface area contributed by atoms with Crippen LogP contribution < -0.4 is 26.6 Å². The third-order valence-electron chi connectivity index (χ3n) is 13.1. The maximum atomic E-state index is 12.5. The second kappa shape index (κ2) is 36.7. The van der Waals surface area contributed by atoms with Gasteiger partial charge in [0.1, 0.15) is 11.6 Å². The lowest BCUT2D eigenvalue weighted by Gasteiger charge is -2.33. The molecule has 1 fully saturated rings. The first-order valence-electron chi connectivity index (χ1n) is 26.5. The van der Waals surface area contributed by atoms with Gasteiger partial charge in [-0.1, -0.05) is 118 Å². The highest BCUT2D eigenvalue weighted by Gasteiger charge is 2.40. The molecular formula is C54H97N7O9S4. The lowest BCUT2D eigenvalue weighted by molar-refractivity contribution is -0.149. The van der Waals surface area contributed by atoms with E-state index in [-0.39, 0.29) is 69.7 Å². The third kappa shape index (κ3) is 30.5. The number of rotatable bonds is 30. The average molecular weight is 1120 g/mol. The Morgan fingerprint density at radius 1 is 0.662 bits per heavy atom. The molecule has 2 heterocycles. The minimum atomic E-state index is -0.950. The highest BCUT2D eigenvalue weighted by molar-refractivity contribution is 8.77. The first-order valence-corrected chi connectivity index (χ1v) is 30.0. The summed E-state index contributed by atoms with van der Waals surface area (Å²) in [7, 11) is 3.94. The first-order chi connectivity index (χ1) is 34.4. The van der Waals surface area contributed by atoms with Gasteiger partial charge in [-0.2, -0.15) is 25.3 Å². The number of ketones is 2. The van der Waals surface area contributed by atoms with E-state index in [1.807, 2.05) is 90.8 Å². The van der Waals surface area contributed by atoms with E-state index in [0.717, 1.165) is 55.2 Å². The van der Waals surface area contributed by atoms with E-state index >= 15 is 0 Å². The number of unbranched alkanes of at least 4 members (excludes halogenated alkanes) is 2. The van der Waals surface area contributed by atoms with E-state index in [2.05, 4.69) is 61.8 Å². The minimum absolute atomic E-state index is 0.00126. The van der Waals surface area contributed by atoms with E-state index in [4.69, 9.17) is 5.11 Å². The van der Waals surface area contributed by atoms with Crippen LogP contribution in [0.2, 0.25) is 0 Å². The lowest BCUT2D eigenvalue weighted by atomic mass is 9.72. The molecule has 8 unspecified atom stereocenters. The zero-order valence-electron chi connectivity index (χ0n) is 47.4. The summed E-state index contributed by atoms with van der Waals surface area (Å²) in [5.74, 6) is -1.97. The summed E-state index contributed by atoms with van der Waals surface area (Å²) in [6.45, 7) is 27.7. The summed E-state index contributed by atoms with van der Waals surface area (Å²) in [5.41, 5.74) is -0.0791. The highest BCUT2D eigenvalue weighted by Crippen LogP contribution is 2.40. The number of imidazole rings is 1. The molecule has 0 saturated carbocycles. The van der Waals surface area contributed by atoms with Gasteiger partial charge >= 0.3 is 5.97 Å². The quantitative estimate of drug-likeness (QED) is 0.0200. The van der Waals surface area contributed by atoms with Crippen LogP contribution in [0.1, 0.15) is 167 Å². The van der Waals surface area contributed by atoms with Crippen LogP contribution in [0.15, 0.2) is 12.5 Å². The fourth-order valence-electron chi connectivity index (χ4n) is 8.93. The fourth-order valence-corrected chi connectivity index (χ4v) is 12.8. The van der Waals surface area contributed by atoms with Gasteiger partial charge in [0, 0.05) is 92.0 Å². The number of aliphatic carboxylic acids is 1. The molecule has 0 aromatic carbocycles. The molecule has 1 aliphatic rings. The smallest absolute Gasteiger partial charge is 0.307 e.